The van der Waals surface area contributed by atoms with Crippen LogP contribution in [-0.2, 0) is 9.47 Å². The maximum Gasteiger partial charge on any atom is 0.164 e. The molecule has 0 aromatic carbocycles. The average Bonchev–Trinajstić information content (AvgIpc) is 2.92. The van der Waals surface area contributed by atoms with Crippen LogP contribution in [-0.4, -0.2) is 31.8 Å². The summed E-state index contributed by atoms with van der Waals surface area (Å²) in [5.74, 6) is 0.756. The van der Waals surface area contributed by atoms with Crippen molar-refractivity contribution in [1.82, 2.24) is 5.32 Å². The predicted octanol–water partition coefficient (Wildman–Crippen LogP) is 1.56. The molecule has 0 bridgehead atoms. The standard InChI is InChI=1S/C13H19NO4/c1-13(12(15)17-3)7-6-9(14-11(13)16-2)10-5-4-8-18-10/h4-6,8,11-12,14-15H,7H2,1-3H3/t11-,12+,13+/m1/s1. The van der Waals surface area contributed by atoms with Gasteiger partial charge < -0.3 is 24.3 Å². The van der Waals surface area contributed by atoms with E-state index in [2.05, 4.69) is 5.32 Å². The Balaban J connectivity index is 2.24. The van der Waals surface area contributed by atoms with E-state index in [-0.39, 0.29) is 6.23 Å². The summed E-state index contributed by atoms with van der Waals surface area (Å²) < 4.78 is 15.8. The molecule has 2 rings (SSSR count). The van der Waals surface area contributed by atoms with Gasteiger partial charge in [0, 0.05) is 14.2 Å². The number of methoxy groups -OCH3 is 2. The van der Waals surface area contributed by atoms with E-state index in [9.17, 15) is 5.11 Å². The Bertz CT molecular complexity index is 415. The van der Waals surface area contributed by atoms with Gasteiger partial charge in [-0.05, 0) is 18.6 Å². The van der Waals surface area contributed by atoms with Gasteiger partial charge in [0.2, 0.25) is 0 Å². The number of hydrogen-bond acceptors (Lipinski definition) is 5. The fourth-order valence-corrected chi connectivity index (χ4v) is 2.23. The SMILES string of the molecule is CO[C@H]1NC(c2ccco2)=CC[C@]1(C)[C@@H](O)OC. The van der Waals surface area contributed by atoms with E-state index in [0.717, 1.165) is 11.5 Å². The summed E-state index contributed by atoms with van der Waals surface area (Å²) in [6, 6.07) is 3.71. The first-order chi connectivity index (χ1) is 8.61. The van der Waals surface area contributed by atoms with E-state index in [1.165, 1.54) is 7.11 Å². The summed E-state index contributed by atoms with van der Waals surface area (Å²) in [6.07, 6.45) is 2.99. The van der Waals surface area contributed by atoms with Crippen molar-refractivity contribution in [2.75, 3.05) is 14.2 Å². The minimum Gasteiger partial charge on any atom is -0.463 e. The van der Waals surface area contributed by atoms with E-state index in [1.807, 2.05) is 25.1 Å². The van der Waals surface area contributed by atoms with E-state index in [4.69, 9.17) is 13.9 Å². The maximum absolute atomic E-state index is 9.97. The lowest BCUT2D eigenvalue weighted by Gasteiger charge is -2.42. The van der Waals surface area contributed by atoms with Crippen molar-refractivity contribution in [3.63, 3.8) is 0 Å². The summed E-state index contributed by atoms with van der Waals surface area (Å²) in [5.41, 5.74) is 0.326. The molecule has 0 saturated heterocycles. The molecule has 0 saturated carbocycles. The lowest BCUT2D eigenvalue weighted by molar-refractivity contribution is -0.197. The third-order valence-electron chi connectivity index (χ3n) is 3.44. The predicted molar refractivity (Wildman–Crippen MR) is 66.4 cm³/mol. The van der Waals surface area contributed by atoms with E-state index >= 15 is 0 Å². The monoisotopic (exact) mass is 253 g/mol. The summed E-state index contributed by atoms with van der Waals surface area (Å²) in [7, 11) is 3.08. The zero-order chi connectivity index (χ0) is 13.2. The highest BCUT2D eigenvalue weighted by Crippen LogP contribution is 2.37. The van der Waals surface area contributed by atoms with Crippen LogP contribution >= 0.6 is 0 Å². The molecule has 2 heterocycles. The van der Waals surface area contributed by atoms with E-state index in [0.29, 0.717) is 6.42 Å². The summed E-state index contributed by atoms with van der Waals surface area (Å²) >= 11 is 0. The zero-order valence-corrected chi connectivity index (χ0v) is 10.8. The van der Waals surface area contributed by atoms with Crippen molar-refractivity contribution >= 4 is 5.70 Å². The number of hydrogen-bond donors (Lipinski definition) is 2. The molecule has 1 aliphatic rings. The van der Waals surface area contributed by atoms with Crippen molar-refractivity contribution in [1.29, 1.82) is 0 Å². The van der Waals surface area contributed by atoms with Gasteiger partial charge in [0.1, 0.15) is 12.0 Å². The van der Waals surface area contributed by atoms with Gasteiger partial charge in [-0.3, -0.25) is 0 Å². The summed E-state index contributed by atoms with van der Waals surface area (Å²) in [4.78, 5) is 0. The van der Waals surface area contributed by atoms with Crippen molar-refractivity contribution in [3.8, 4) is 0 Å². The zero-order valence-electron chi connectivity index (χ0n) is 10.8. The molecule has 18 heavy (non-hydrogen) atoms. The number of nitrogens with one attached hydrogen (secondary N) is 1. The fraction of sp³-hybridized carbons (Fsp3) is 0.538. The number of ether oxygens (including phenoxy) is 2. The third kappa shape index (κ3) is 2.16. The smallest absolute Gasteiger partial charge is 0.164 e. The molecule has 2 N–H and O–H groups in total. The van der Waals surface area contributed by atoms with Crippen LogP contribution in [0, 0.1) is 5.41 Å². The van der Waals surface area contributed by atoms with Crippen LogP contribution in [0.5, 0.6) is 0 Å². The molecular weight excluding hydrogens is 234 g/mol. The van der Waals surface area contributed by atoms with Crippen LogP contribution in [0.2, 0.25) is 0 Å². The second-order valence-corrected chi connectivity index (χ2v) is 4.65. The average molecular weight is 253 g/mol. The molecule has 0 spiro atoms. The minimum absolute atomic E-state index is 0.349. The third-order valence-corrected chi connectivity index (χ3v) is 3.44. The van der Waals surface area contributed by atoms with E-state index < -0.39 is 11.7 Å². The number of aliphatic hydroxyl groups is 1. The Morgan fingerprint density at radius 3 is 2.89 bits per heavy atom. The van der Waals surface area contributed by atoms with Crippen molar-refractivity contribution in [2.45, 2.75) is 25.9 Å². The van der Waals surface area contributed by atoms with Crippen molar-refractivity contribution in [3.05, 3.63) is 30.2 Å². The minimum atomic E-state index is -0.899. The molecule has 0 radical (unpaired) electrons. The topological polar surface area (TPSA) is 63.9 Å². The number of allylic oxidation sites excluding steroid dienone is 1. The lowest BCUT2D eigenvalue weighted by atomic mass is 9.81. The molecule has 0 unspecified atom stereocenters. The molecule has 1 aromatic rings. The van der Waals surface area contributed by atoms with Crippen LogP contribution in [0.15, 0.2) is 28.9 Å². The Hall–Kier alpha value is -1.30. The molecule has 5 nitrogen and oxygen atoms in total. The van der Waals surface area contributed by atoms with Gasteiger partial charge in [-0.25, -0.2) is 0 Å². The number of furan rings is 1. The van der Waals surface area contributed by atoms with Gasteiger partial charge in [-0.1, -0.05) is 13.0 Å². The van der Waals surface area contributed by atoms with Gasteiger partial charge in [0.05, 0.1) is 17.4 Å². The van der Waals surface area contributed by atoms with Crippen LogP contribution in [0.1, 0.15) is 19.1 Å². The second kappa shape index (κ2) is 5.14. The van der Waals surface area contributed by atoms with Crippen molar-refractivity contribution in [2.24, 2.45) is 5.41 Å². The maximum atomic E-state index is 9.97. The normalized spacial score (nSPS) is 29.6. The first kappa shape index (κ1) is 13.1. The van der Waals surface area contributed by atoms with Crippen LogP contribution in [0.25, 0.3) is 5.70 Å². The van der Waals surface area contributed by atoms with Gasteiger partial charge in [-0.15, -0.1) is 0 Å². The second-order valence-electron chi connectivity index (χ2n) is 4.65. The van der Waals surface area contributed by atoms with Crippen LogP contribution in [0.4, 0.5) is 0 Å². The lowest BCUT2D eigenvalue weighted by Crippen LogP contribution is -2.53. The van der Waals surface area contributed by atoms with Gasteiger partial charge in [-0.2, -0.15) is 0 Å². The van der Waals surface area contributed by atoms with Gasteiger partial charge >= 0.3 is 0 Å². The molecule has 100 valence electrons. The molecule has 1 aliphatic heterocycles. The largest absolute Gasteiger partial charge is 0.463 e. The van der Waals surface area contributed by atoms with Crippen molar-refractivity contribution < 1.29 is 19.0 Å². The first-order valence-corrected chi connectivity index (χ1v) is 5.86. The van der Waals surface area contributed by atoms with Crippen LogP contribution < -0.4 is 5.32 Å². The molecule has 0 amide bonds. The summed E-state index contributed by atoms with van der Waals surface area (Å²) in [6.45, 7) is 1.91. The Morgan fingerprint density at radius 1 is 1.56 bits per heavy atom. The van der Waals surface area contributed by atoms with E-state index in [1.54, 1.807) is 13.4 Å². The Kier molecular flexibility index (Phi) is 3.75. The molecule has 0 fully saturated rings. The number of rotatable bonds is 4. The molecule has 0 aliphatic carbocycles. The Labute approximate surface area is 106 Å². The van der Waals surface area contributed by atoms with Gasteiger partial charge in [0.15, 0.2) is 6.29 Å². The van der Waals surface area contributed by atoms with Gasteiger partial charge in [0.25, 0.3) is 0 Å². The summed E-state index contributed by atoms with van der Waals surface area (Å²) in [5, 5.41) is 13.2. The molecule has 1 aromatic heterocycles. The molecular formula is C13H19NO4. The first-order valence-electron chi connectivity index (χ1n) is 5.86. The highest BCUT2D eigenvalue weighted by atomic mass is 16.6. The molecule has 3 atom stereocenters. The highest BCUT2D eigenvalue weighted by Gasteiger charge is 2.44. The Morgan fingerprint density at radius 2 is 2.33 bits per heavy atom. The quantitative estimate of drug-likeness (QED) is 0.797. The van der Waals surface area contributed by atoms with Crippen LogP contribution in [0.3, 0.4) is 0 Å². The fourth-order valence-electron chi connectivity index (χ4n) is 2.23. The number of aliphatic hydroxyl groups excluding tert-OH is 1. The highest BCUT2D eigenvalue weighted by molar-refractivity contribution is 5.60. The molecule has 5 heteroatoms.